The van der Waals surface area contributed by atoms with E-state index in [-0.39, 0.29) is 11.3 Å². The first kappa shape index (κ1) is 29.0. The second-order valence-electron chi connectivity index (χ2n) is 10.4. The fourth-order valence-electron chi connectivity index (χ4n) is 5.10. The Morgan fingerprint density at radius 3 is 2.00 bits per heavy atom. The van der Waals surface area contributed by atoms with E-state index in [1.165, 1.54) is 69.9 Å². The molecular weight excluding hydrogens is 467 g/mol. The Balaban J connectivity index is 1.34. The van der Waals surface area contributed by atoms with Crippen LogP contribution in [0.25, 0.3) is 0 Å². The predicted octanol–water partition coefficient (Wildman–Crippen LogP) is 9.16. The number of hydrogen-bond donors (Lipinski definition) is 0. The highest BCUT2D eigenvalue weighted by atomic mass is 19.1. The highest BCUT2D eigenvalue weighted by Crippen LogP contribution is 2.34. The molecule has 0 amide bonds. The maximum Gasteiger partial charge on any atom is 0.343 e. The monoisotopic (exact) mass is 512 g/mol. The minimum absolute atomic E-state index is 0.147. The molecule has 0 N–H and O–H groups in total. The molecule has 1 aliphatic carbocycles. The third-order valence-corrected chi connectivity index (χ3v) is 7.42. The van der Waals surface area contributed by atoms with Crippen molar-refractivity contribution in [2.45, 2.75) is 97.3 Å². The van der Waals surface area contributed by atoms with Crippen molar-refractivity contribution in [3.8, 4) is 17.2 Å². The molecule has 0 saturated heterocycles. The number of unbranched alkanes of at least 4 members (excludes halogenated alkanes) is 4. The minimum atomic E-state index is -0.606. The van der Waals surface area contributed by atoms with E-state index in [0.717, 1.165) is 49.3 Å². The van der Waals surface area contributed by atoms with Gasteiger partial charge in [-0.1, -0.05) is 78.1 Å². The molecule has 5 heteroatoms. The number of ether oxygens (including phenoxy) is 3. The van der Waals surface area contributed by atoms with Gasteiger partial charge in [0.1, 0.15) is 11.5 Å². The van der Waals surface area contributed by atoms with Crippen LogP contribution < -0.4 is 14.2 Å². The minimum Gasteiger partial charge on any atom is -0.494 e. The Labute approximate surface area is 222 Å². The van der Waals surface area contributed by atoms with Crippen LogP contribution in [0.5, 0.6) is 17.2 Å². The molecule has 0 heterocycles. The van der Waals surface area contributed by atoms with Crippen molar-refractivity contribution < 1.29 is 23.4 Å². The molecule has 37 heavy (non-hydrogen) atoms. The summed E-state index contributed by atoms with van der Waals surface area (Å²) in [5.74, 6) is 1.95. The van der Waals surface area contributed by atoms with Gasteiger partial charge in [0, 0.05) is 0 Å². The molecule has 0 unspecified atom stereocenters. The van der Waals surface area contributed by atoms with E-state index in [0.29, 0.717) is 19.0 Å². The Morgan fingerprint density at radius 2 is 1.35 bits per heavy atom. The van der Waals surface area contributed by atoms with E-state index in [2.05, 4.69) is 13.8 Å². The smallest absolute Gasteiger partial charge is 0.343 e. The lowest BCUT2D eigenvalue weighted by atomic mass is 9.78. The summed E-state index contributed by atoms with van der Waals surface area (Å²) in [4.78, 5) is 12.4. The van der Waals surface area contributed by atoms with E-state index < -0.39 is 11.8 Å². The highest BCUT2D eigenvalue weighted by molar-refractivity contribution is 5.91. The standard InChI is InChI=1S/C32H45FO4/c1-3-5-7-10-25-12-14-26(15-13-25)11-9-23-35-28-17-19-29(20-18-28)37-32(34)27-16-21-31(30(33)24-27)36-22-8-6-4-2/h16-21,24-26H,3-15,22-23H2,1-2H3. The fourth-order valence-corrected chi connectivity index (χ4v) is 5.10. The molecule has 1 saturated carbocycles. The van der Waals surface area contributed by atoms with Gasteiger partial charge in [0.15, 0.2) is 11.6 Å². The summed E-state index contributed by atoms with van der Waals surface area (Å²) in [5, 5.41) is 0. The van der Waals surface area contributed by atoms with Crippen LogP contribution in [0.3, 0.4) is 0 Å². The van der Waals surface area contributed by atoms with Crippen molar-refractivity contribution in [3.63, 3.8) is 0 Å². The molecule has 0 spiro atoms. The van der Waals surface area contributed by atoms with Crippen LogP contribution in [0, 0.1) is 17.7 Å². The lowest BCUT2D eigenvalue weighted by molar-refractivity contribution is 0.0734. The third-order valence-electron chi connectivity index (χ3n) is 7.42. The van der Waals surface area contributed by atoms with Crippen molar-refractivity contribution in [2.24, 2.45) is 11.8 Å². The molecule has 0 radical (unpaired) electrons. The number of rotatable bonds is 16. The fraction of sp³-hybridized carbons (Fsp3) is 0.594. The Bertz CT molecular complexity index is 919. The van der Waals surface area contributed by atoms with Crippen LogP contribution in [0.4, 0.5) is 4.39 Å². The molecule has 3 rings (SSSR count). The largest absolute Gasteiger partial charge is 0.494 e. The van der Waals surface area contributed by atoms with Crippen LogP contribution in [0.1, 0.15) is 108 Å². The molecule has 2 aromatic rings. The van der Waals surface area contributed by atoms with Crippen LogP contribution in [-0.2, 0) is 0 Å². The van der Waals surface area contributed by atoms with Gasteiger partial charge < -0.3 is 14.2 Å². The van der Waals surface area contributed by atoms with Gasteiger partial charge in [-0.3, -0.25) is 0 Å². The molecule has 1 fully saturated rings. The van der Waals surface area contributed by atoms with E-state index in [1.807, 2.05) is 0 Å². The normalized spacial score (nSPS) is 17.4. The predicted molar refractivity (Wildman–Crippen MR) is 147 cm³/mol. The van der Waals surface area contributed by atoms with Gasteiger partial charge in [-0.15, -0.1) is 0 Å². The molecular formula is C32H45FO4. The van der Waals surface area contributed by atoms with Gasteiger partial charge in [-0.05, 0) is 73.6 Å². The van der Waals surface area contributed by atoms with Crippen molar-refractivity contribution >= 4 is 5.97 Å². The lowest BCUT2D eigenvalue weighted by Gasteiger charge is -2.28. The quantitative estimate of drug-likeness (QED) is 0.128. The zero-order valence-corrected chi connectivity index (χ0v) is 22.8. The molecule has 4 nitrogen and oxygen atoms in total. The van der Waals surface area contributed by atoms with Crippen molar-refractivity contribution in [1.29, 1.82) is 0 Å². The average Bonchev–Trinajstić information content (AvgIpc) is 2.91. The van der Waals surface area contributed by atoms with Gasteiger partial charge in [-0.25, -0.2) is 9.18 Å². The van der Waals surface area contributed by atoms with E-state index in [9.17, 15) is 9.18 Å². The van der Waals surface area contributed by atoms with Crippen LogP contribution in [-0.4, -0.2) is 19.2 Å². The third kappa shape index (κ3) is 10.4. The number of halogens is 1. The SMILES string of the molecule is CCCCCOc1ccc(C(=O)Oc2ccc(OCCCC3CCC(CCCCC)CC3)cc2)cc1F. The number of hydrogen-bond acceptors (Lipinski definition) is 4. The number of carbonyl (C=O) groups is 1. The van der Waals surface area contributed by atoms with Crippen molar-refractivity contribution in [2.75, 3.05) is 13.2 Å². The Kier molecular flexibility index (Phi) is 12.8. The molecule has 0 aliphatic heterocycles. The highest BCUT2D eigenvalue weighted by Gasteiger charge is 2.20. The summed E-state index contributed by atoms with van der Waals surface area (Å²) in [6, 6.07) is 11.2. The molecule has 0 aromatic heterocycles. The molecule has 0 bridgehead atoms. The zero-order chi connectivity index (χ0) is 26.3. The summed E-state index contributed by atoms with van der Waals surface area (Å²) in [6.07, 6.45) is 16.3. The topological polar surface area (TPSA) is 44.8 Å². The summed E-state index contributed by atoms with van der Waals surface area (Å²) in [5.41, 5.74) is 0.147. The van der Waals surface area contributed by atoms with Crippen molar-refractivity contribution in [1.82, 2.24) is 0 Å². The second kappa shape index (κ2) is 16.3. The second-order valence-corrected chi connectivity index (χ2v) is 10.4. The van der Waals surface area contributed by atoms with Gasteiger partial charge in [0.05, 0.1) is 18.8 Å². The van der Waals surface area contributed by atoms with Crippen LogP contribution in [0.15, 0.2) is 42.5 Å². The molecule has 1 aliphatic rings. The van der Waals surface area contributed by atoms with E-state index in [1.54, 1.807) is 24.3 Å². The van der Waals surface area contributed by atoms with Gasteiger partial charge in [0.2, 0.25) is 0 Å². The van der Waals surface area contributed by atoms with Crippen LogP contribution >= 0.6 is 0 Å². The van der Waals surface area contributed by atoms with Gasteiger partial charge >= 0.3 is 5.97 Å². The van der Waals surface area contributed by atoms with Crippen molar-refractivity contribution in [3.05, 3.63) is 53.8 Å². The molecule has 2 aromatic carbocycles. The molecule has 204 valence electrons. The van der Waals surface area contributed by atoms with E-state index >= 15 is 0 Å². The Morgan fingerprint density at radius 1 is 0.757 bits per heavy atom. The average molecular weight is 513 g/mol. The maximum absolute atomic E-state index is 14.3. The molecule has 0 atom stereocenters. The first-order chi connectivity index (χ1) is 18.1. The van der Waals surface area contributed by atoms with Gasteiger partial charge in [-0.2, -0.15) is 0 Å². The summed E-state index contributed by atoms with van der Waals surface area (Å²) < 4.78 is 31.1. The van der Waals surface area contributed by atoms with E-state index in [4.69, 9.17) is 14.2 Å². The number of benzene rings is 2. The van der Waals surface area contributed by atoms with Gasteiger partial charge in [0.25, 0.3) is 0 Å². The zero-order valence-electron chi connectivity index (χ0n) is 22.8. The first-order valence-corrected chi connectivity index (χ1v) is 14.5. The summed E-state index contributed by atoms with van der Waals surface area (Å²) >= 11 is 0. The lowest BCUT2D eigenvalue weighted by Crippen LogP contribution is -2.15. The van der Waals surface area contributed by atoms with Crippen LogP contribution in [0.2, 0.25) is 0 Å². The summed E-state index contributed by atoms with van der Waals surface area (Å²) in [6.45, 7) is 5.53. The summed E-state index contributed by atoms with van der Waals surface area (Å²) in [7, 11) is 0. The Hall–Kier alpha value is -2.56. The number of esters is 1. The number of carbonyl (C=O) groups excluding carboxylic acids is 1. The maximum atomic E-state index is 14.3. The first-order valence-electron chi connectivity index (χ1n) is 14.5.